The summed E-state index contributed by atoms with van der Waals surface area (Å²) < 4.78 is 32.1. The van der Waals surface area contributed by atoms with Gasteiger partial charge >= 0.3 is 0 Å². The number of amides is 1. The molecule has 2 rings (SSSR count). The fraction of sp³-hybridized carbons (Fsp3) is 0.611. The molecule has 2 unspecified atom stereocenters. The number of nitrogens with zero attached hydrogens (tertiary/aromatic N) is 1. The topological polar surface area (TPSA) is 102 Å². The fourth-order valence-electron chi connectivity index (χ4n) is 3.15. The van der Waals surface area contributed by atoms with Crippen molar-refractivity contribution in [3.05, 3.63) is 29.3 Å². The van der Waals surface area contributed by atoms with Crippen LogP contribution in [0.1, 0.15) is 35.7 Å². The Kier molecular flexibility index (Phi) is 9.17. The van der Waals surface area contributed by atoms with Crippen molar-refractivity contribution in [3.63, 3.8) is 0 Å². The minimum Gasteiger partial charge on any atom is -0.383 e. The Bertz CT molecular complexity index is 740. The molecule has 0 radical (unpaired) electrons. The number of benzene rings is 1. The lowest BCUT2D eigenvalue weighted by Gasteiger charge is -2.35. The molecule has 1 heterocycles. The zero-order valence-electron chi connectivity index (χ0n) is 16.1. The van der Waals surface area contributed by atoms with Gasteiger partial charge in [-0.15, -0.1) is 12.4 Å². The van der Waals surface area contributed by atoms with E-state index in [1.807, 2.05) is 13.8 Å². The Labute approximate surface area is 168 Å². The summed E-state index contributed by atoms with van der Waals surface area (Å²) in [4.78, 5) is 14.9. The van der Waals surface area contributed by atoms with Gasteiger partial charge in [0, 0.05) is 38.3 Å². The number of hydrogen-bond donors (Lipinski definition) is 2. The number of hydrogen-bond acceptors (Lipinski definition) is 5. The lowest BCUT2D eigenvalue weighted by atomic mass is 9.91. The summed E-state index contributed by atoms with van der Waals surface area (Å²) in [6.45, 7) is 5.52. The lowest BCUT2D eigenvalue weighted by Crippen LogP contribution is -2.45. The average Bonchev–Trinajstić information content (AvgIpc) is 2.61. The molecule has 1 aromatic rings. The van der Waals surface area contributed by atoms with Gasteiger partial charge in [0.1, 0.15) is 0 Å². The van der Waals surface area contributed by atoms with E-state index >= 15 is 0 Å². The second kappa shape index (κ2) is 10.4. The smallest absolute Gasteiger partial charge is 0.254 e. The summed E-state index contributed by atoms with van der Waals surface area (Å²) in [5, 5.41) is 0. The number of nitrogens with one attached hydrogen (secondary N) is 1. The highest BCUT2D eigenvalue weighted by molar-refractivity contribution is 7.89. The van der Waals surface area contributed by atoms with Crippen LogP contribution in [0.15, 0.2) is 23.1 Å². The second-order valence-corrected chi connectivity index (χ2v) is 8.65. The van der Waals surface area contributed by atoms with E-state index in [-0.39, 0.29) is 48.3 Å². The van der Waals surface area contributed by atoms with Crippen LogP contribution < -0.4 is 10.5 Å². The second-order valence-electron chi connectivity index (χ2n) is 6.88. The van der Waals surface area contributed by atoms with Gasteiger partial charge in [0.2, 0.25) is 10.0 Å². The molecule has 27 heavy (non-hydrogen) atoms. The van der Waals surface area contributed by atoms with Gasteiger partial charge in [-0.25, -0.2) is 13.1 Å². The Hall–Kier alpha value is -1.19. The molecule has 154 valence electrons. The first-order valence-electron chi connectivity index (χ1n) is 8.90. The normalized spacial score (nSPS) is 18.7. The van der Waals surface area contributed by atoms with Crippen LogP contribution in [-0.2, 0) is 14.8 Å². The number of carbonyl (C=O) groups excluding carboxylic acids is 1. The molecule has 0 bridgehead atoms. The summed E-state index contributed by atoms with van der Waals surface area (Å²) in [5.74, 6) is 0.137. The number of likely N-dealkylation sites (tertiary alicyclic amines) is 1. The highest BCUT2D eigenvalue weighted by atomic mass is 35.5. The Balaban J connectivity index is 0.00000364. The van der Waals surface area contributed by atoms with E-state index in [4.69, 9.17) is 10.5 Å². The maximum atomic E-state index is 13.0. The molecule has 1 fully saturated rings. The molecule has 2 atom stereocenters. The van der Waals surface area contributed by atoms with Crippen LogP contribution in [0.5, 0.6) is 0 Å². The van der Waals surface area contributed by atoms with Crippen LogP contribution in [-0.4, -0.2) is 58.6 Å². The SMILES string of the molecule is COCCNS(=O)(=O)c1ccc(C)c(C(=O)N2CCCC(C(C)N)C2)c1.Cl. The number of sulfonamides is 1. The predicted octanol–water partition coefficient (Wildman–Crippen LogP) is 1.54. The average molecular weight is 420 g/mol. The van der Waals surface area contributed by atoms with E-state index in [9.17, 15) is 13.2 Å². The summed E-state index contributed by atoms with van der Waals surface area (Å²) in [6.07, 6.45) is 1.92. The molecule has 1 saturated heterocycles. The standard InChI is InChI=1S/C18H29N3O4S.ClH/c1-13-6-7-16(26(23,24)20-8-10-25-3)11-17(13)18(22)21-9-4-5-15(12-21)14(2)19;/h6-7,11,14-15,20H,4-5,8-10,12,19H2,1-3H3;1H. The first-order chi connectivity index (χ1) is 12.3. The quantitative estimate of drug-likeness (QED) is 0.652. The summed E-state index contributed by atoms with van der Waals surface area (Å²) in [5.41, 5.74) is 7.18. The van der Waals surface area contributed by atoms with Crippen LogP contribution in [0.4, 0.5) is 0 Å². The van der Waals surface area contributed by atoms with E-state index in [2.05, 4.69) is 4.72 Å². The minimum absolute atomic E-state index is 0. The molecule has 0 saturated carbocycles. The zero-order chi connectivity index (χ0) is 19.3. The number of ether oxygens (including phenoxy) is 1. The number of methoxy groups -OCH3 is 1. The summed E-state index contributed by atoms with van der Waals surface area (Å²) in [7, 11) is -2.18. The number of halogens is 1. The van der Waals surface area contributed by atoms with Gasteiger partial charge in [0.15, 0.2) is 0 Å². The van der Waals surface area contributed by atoms with E-state index in [1.165, 1.54) is 19.2 Å². The number of rotatable bonds is 7. The molecule has 0 spiro atoms. The maximum absolute atomic E-state index is 13.0. The third kappa shape index (κ3) is 6.15. The van der Waals surface area contributed by atoms with Gasteiger partial charge in [-0.2, -0.15) is 0 Å². The van der Waals surface area contributed by atoms with Crippen LogP contribution in [0.3, 0.4) is 0 Å². The third-order valence-electron chi connectivity index (χ3n) is 4.84. The first-order valence-corrected chi connectivity index (χ1v) is 10.4. The molecule has 3 N–H and O–H groups in total. The Morgan fingerprint density at radius 1 is 1.44 bits per heavy atom. The van der Waals surface area contributed by atoms with Crippen molar-refractivity contribution < 1.29 is 17.9 Å². The Morgan fingerprint density at radius 3 is 2.78 bits per heavy atom. The number of piperidine rings is 1. The molecule has 9 heteroatoms. The van der Waals surface area contributed by atoms with Crippen molar-refractivity contribution in [2.75, 3.05) is 33.4 Å². The van der Waals surface area contributed by atoms with Crippen LogP contribution in [0.25, 0.3) is 0 Å². The van der Waals surface area contributed by atoms with Crippen molar-refractivity contribution in [2.24, 2.45) is 11.7 Å². The van der Waals surface area contributed by atoms with Crippen LogP contribution >= 0.6 is 12.4 Å². The van der Waals surface area contributed by atoms with Crippen LogP contribution in [0, 0.1) is 12.8 Å². The molecule has 0 aliphatic carbocycles. The van der Waals surface area contributed by atoms with Gasteiger partial charge < -0.3 is 15.4 Å². The molecule has 7 nitrogen and oxygen atoms in total. The van der Waals surface area contributed by atoms with Crippen molar-refractivity contribution >= 4 is 28.3 Å². The van der Waals surface area contributed by atoms with Gasteiger partial charge in [-0.3, -0.25) is 4.79 Å². The molecule has 1 aliphatic rings. The van der Waals surface area contributed by atoms with Gasteiger partial charge in [0.25, 0.3) is 5.91 Å². The molecule has 1 amide bonds. The van der Waals surface area contributed by atoms with E-state index < -0.39 is 10.0 Å². The zero-order valence-corrected chi connectivity index (χ0v) is 17.7. The first kappa shape index (κ1) is 23.8. The molecular weight excluding hydrogens is 390 g/mol. The van der Waals surface area contributed by atoms with Crippen molar-refractivity contribution in [1.29, 1.82) is 0 Å². The molecular formula is C18H30ClN3O4S. The highest BCUT2D eigenvalue weighted by Crippen LogP contribution is 2.23. The van der Waals surface area contributed by atoms with E-state index in [0.717, 1.165) is 18.4 Å². The van der Waals surface area contributed by atoms with E-state index in [1.54, 1.807) is 11.0 Å². The largest absolute Gasteiger partial charge is 0.383 e. The maximum Gasteiger partial charge on any atom is 0.254 e. The monoisotopic (exact) mass is 419 g/mol. The summed E-state index contributed by atoms with van der Waals surface area (Å²) >= 11 is 0. The molecule has 1 aliphatic heterocycles. The lowest BCUT2D eigenvalue weighted by molar-refractivity contribution is 0.0660. The van der Waals surface area contributed by atoms with Crippen molar-refractivity contribution in [3.8, 4) is 0 Å². The van der Waals surface area contributed by atoms with Gasteiger partial charge in [-0.1, -0.05) is 6.07 Å². The molecule has 1 aromatic carbocycles. The summed E-state index contributed by atoms with van der Waals surface area (Å²) in [6, 6.07) is 4.68. The number of carbonyl (C=O) groups is 1. The Morgan fingerprint density at radius 2 is 2.15 bits per heavy atom. The highest BCUT2D eigenvalue weighted by Gasteiger charge is 2.28. The fourth-order valence-corrected chi connectivity index (χ4v) is 4.19. The van der Waals surface area contributed by atoms with Gasteiger partial charge in [0.05, 0.1) is 11.5 Å². The van der Waals surface area contributed by atoms with Crippen molar-refractivity contribution in [2.45, 2.75) is 37.6 Å². The molecule has 0 aromatic heterocycles. The third-order valence-corrected chi connectivity index (χ3v) is 6.30. The minimum atomic E-state index is -3.68. The number of aryl methyl sites for hydroxylation is 1. The predicted molar refractivity (Wildman–Crippen MR) is 108 cm³/mol. The van der Waals surface area contributed by atoms with Crippen LogP contribution in [0.2, 0.25) is 0 Å². The number of nitrogens with two attached hydrogens (primary N) is 1. The van der Waals surface area contributed by atoms with Gasteiger partial charge in [-0.05, 0) is 50.3 Å². The van der Waals surface area contributed by atoms with E-state index in [0.29, 0.717) is 18.7 Å². The van der Waals surface area contributed by atoms with Crippen molar-refractivity contribution in [1.82, 2.24) is 9.62 Å².